The van der Waals surface area contributed by atoms with Gasteiger partial charge in [0.25, 0.3) is 5.56 Å². The summed E-state index contributed by atoms with van der Waals surface area (Å²) in [5.41, 5.74) is 2.80. The van der Waals surface area contributed by atoms with E-state index in [1.807, 2.05) is 37.4 Å². The van der Waals surface area contributed by atoms with Crippen molar-refractivity contribution >= 4 is 49.7 Å². The summed E-state index contributed by atoms with van der Waals surface area (Å²) in [6.45, 7) is 3.96. The zero-order valence-electron chi connectivity index (χ0n) is 10.9. The lowest BCUT2D eigenvalue weighted by Gasteiger charge is -2.13. The number of hydrogen-bond donors (Lipinski definition) is 1. The first kappa shape index (κ1) is 13.7. The van der Waals surface area contributed by atoms with Gasteiger partial charge in [0.1, 0.15) is 4.83 Å². The fourth-order valence-electron chi connectivity index (χ4n) is 2.40. The summed E-state index contributed by atoms with van der Waals surface area (Å²) in [5.74, 6) is 0. The summed E-state index contributed by atoms with van der Waals surface area (Å²) in [6.07, 6.45) is 0. The summed E-state index contributed by atoms with van der Waals surface area (Å²) >= 11 is 10.3. The van der Waals surface area contributed by atoms with Crippen LogP contribution in [0.4, 0.5) is 0 Å². The van der Waals surface area contributed by atoms with Gasteiger partial charge in [0.05, 0.1) is 11.1 Å². The number of hydrogen-bond acceptors (Lipinski definition) is 3. The molecular formula is C14H11BrN2OS2. The van der Waals surface area contributed by atoms with Crippen molar-refractivity contribution in [3.8, 4) is 5.69 Å². The van der Waals surface area contributed by atoms with Crippen molar-refractivity contribution in [1.29, 1.82) is 0 Å². The van der Waals surface area contributed by atoms with Crippen LogP contribution >= 0.6 is 39.5 Å². The van der Waals surface area contributed by atoms with Crippen molar-refractivity contribution in [2.75, 3.05) is 0 Å². The van der Waals surface area contributed by atoms with E-state index >= 15 is 0 Å². The molecular weight excluding hydrogens is 356 g/mol. The fourth-order valence-corrected chi connectivity index (χ4v) is 4.20. The molecule has 0 fully saturated rings. The molecule has 6 heteroatoms. The van der Waals surface area contributed by atoms with Crippen LogP contribution in [-0.2, 0) is 0 Å². The van der Waals surface area contributed by atoms with Gasteiger partial charge in [-0.1, -0.05) is 15.9 Å². The molecule has 0 aliphatic heterocycles. The molecule has 3 nitrogen and oxygen atoms in total. The van der Waals surface area contributed by atoms with Gasteiger partial charge in [-0.25, -0.2) is 0 Å². The predicted octanol–water partition coefficient (Wildman–Crippen LogP) is 4.49. The Hall–Kier alpha value is -1.24. The fraction of sp³-hybridized carbons (Fsp3) is 0.143. The average Bonchev–Trinajstić information content (AvgIpc) is 2.80. The Balaban J connectivity index is 2.47. The topological polar surface area (TPSA) is 37.8 Å². The Kier molecular flexibility index (Phi) is 3.40. The van der Waals surface area contributed by atoms with Crippen LogP contribution in [0.1, 0.15) is 11.1 Å². The van der Waals surface area contributed by atoms with Crippen molar-refractivity contribution in [1.82, 2.24) is 9.55 Å². The molecule has 102 valence electrons. The van der Waals surface area contributed by atoms with Gasteiger partial charge in [-0.05, 0) is 60.8 Å². The van der Waals surface area contributed by atoms with Gasteiger partial charge in [0.2, 0.25) is 0 Å². The molecule has 0 saturated carbocycles. The van der Waals surface area contributed by atoms with Gasteiger partial charge in [-0.3, -0.25) is 9.36 Å². The Morgan fingerprint density at radius 1 is 1.30 bits per heavy atom. The molecule has 0 aliphatic carbocycles. The minimum Gasteiger partial charge on any atom is -0.323 e. The number of fused-ring (bicyclic) bond motifs is 1. The number of benzene rings is 1. The second-order valence-electron chi connectivity index (χ2n) is 4.62. The highest BCUT2D eigenvalue weighted by Crippen LogP contribution is 2.24. The summed E-state index contributed by atoms with van der Waals surface area (Å²) in [6, 6.07) is 5.80. The van der Waals surface area contributed by atoms with Crippen LogP contribution in [0, 0.1) is 18.6 Å². The molecule has 0 radical (unpaired) electrons. The van der Waals surface area contributed by atoms with Crippen molar-refractivity contribution in [3.63, 3.8) is 0 Å². The minimum absolute atomic E-state index is 0.0708. The Morgan fingerprint density at radius 3 is 2.60 bits per heavy atom. The van der Waals surface area contributed by atoms with Gasteiger partial charge in [0.15, 0.2) is 4.77 Å². The first-order valence-corrected chi connectivity index (χ1v) is 8.07. The highest BCUT2D eigenvalue weighted by molar-refractivity contribution is 9.10. The second-order valence-corrected chi connectivity index (χ2v) is 6.84. The van der Waals surface area contributed by atoms with Crippen molar-refractivity contribution in [3.05, 3.63) is 54.3 Å². The maximum absolute atomic E-state index is 12.7. The van der Waals surface area contributed by atoms with Gasteiger partial charge in [-0.2, -0.15) is 0 Å². The molecule has 0 aliphatic rings. The van der Waals surface area contributed by atoms with Crippen LogP contribution < -0.4 is 5.56 Å². The lowest BCUT2D eigenvalue weighted by molar-refractivity contribution is 0.923. The number of aromatic nitrogens is 2. The number of aromatic amines is 1. The molecule has 20 heavy (non-hydrogen) atoms. The van der Waals surface area contributed by atoms with E-state index in [0.717, 1.165) is 26.1 Å². The lowest BCUT2D eigenvalue weighted by Crippen LogP contribution is -2.21. The smallest absolute Gasteiger partial charge is 0.267 e. The molecule has 2 aromatic heterocycles. The number of H-pyrrole nitrogens is 1. The van der Waals surface area contributed by atoms with Crippen LogP contribution in [0.3, 0.4) is 0 Å². The van der Waals surface area contributed by atoms with E-state index in [1.54, 1.807) is 4.57 Å². The van der Waals surface area contributed by atoms with Crippen LogP contribution in [-0.4, -0.2) is 9.55 Å². The van der Waals surface area contributed by atoms with Crippen LogP contribution in [0.2, 0.25) is 0 Å². The number of thiophene rings is 1. The standard InChI is InChI=1S/C14H11BrN2OS2/c1-7-5-9(15)6-8(2)11(7)17-13(18)10-3-4-20-12(10)16-14(17)19/h3-6H,1-2H3,(H,16,19). The SMILES string of the molecule is Cc1cc(Br)cc(C)c1-n1c(=S)[nH]c2sccc2c1=O. The molecule has 1 aromatic carbocycles. The molecule has 2 heterocycles. The summed E-state index contributed by atoms with van der Waals surface area (Å²) in [7, 11) is 0. The van der Waals surface area contributed by atoms with Crippen molar-refractivity contribution < 1.29 is 0 Å². The van der Waals surface area contributed by atoms with E-state index in [1.165, 1.54) is 11.3 Å². The number of nitrogens with one attached hydrogen (secondary N) is 1. The molecule has 0 saturated heterocycles. The van der Waals surface area contributed by atoms with E-state index < -0.39 is 0 Å². The van der Waals surface area contributed by atoms with Crippen LogP contribution in [0.25, 0.3) is 15.9 Å². The highest BCUT2D eigenvalue weighted by atomic mass is 79.9. The van der Waals surface area contributed by atoms with E-state index in [2.05, 4.69) is 20.9 Å². The first-order valence-electron chi connectivity index (χ1n) is 5.98. The molecule has 0 unspecified atom stereocenters. The third-order valence-electron chi connectivity index (χ3n) is 3.20. The molecule has 0 atom stereocenters. The summed E-state index contributed by atoms with van der Waals surface area (Å²) in [4.78, 5) is 16.6. The highest BCUT2D eigenvalue weighted by Gasteiger charge is 2.13. The maximum Gasteiger partial charge on any atom is 0.267 e. The predicted molar refractivity (Wildman–Crippen MR) is 89.8 cm³/mol. The zero-order valence-corrected chi connectivity index (χ0v) is 14.1. The quantitative estimate of drug-likeness (QED) is 0.644. The summed E-state index contributed by atoms with van der Waals surface area (Å²) in [5, 5.41) is 2.56. The number of aryl methyl sites for hydroxylation is 2. The van der Waals surface area contributed by atoms with E-state index in [-0.39, 0.29) is 5.56 Å². The molecule has 1 N–H and O–H groups in total. The Labute approximate surface area is 133 Å². The Morgan fingerprint density at radius 2 is 1.95 bits per heavy atom. The largest absolute Gasteiger partial charge is 0.323 e. The number of rotatable bonds is 1. The average molecular weight is 367 g/mol. The minimum atomic E-state index is -0.0708. The lowest BCUT2D eigenvalue weighted by atomic mass is 10.1. The molecule has 3 aromatic rings. The first-order chi connectivity index (χ1) is 9.49. The number of nitrogens with zero attached hydrogens (tertiary/aromatic N) is 1. The number of halogens is 1. The van der Waals surface area contributed by atoms with Crippen LogP contribution in [0.5, 0.6) is 0 Å². The molecule has 3 rings (SSSR count). The van der Waals surface area contributed by atoms with E-state index in [4.69, 9.17) is 12.2 Å². The molecule has 0 spiro atoms. The monoisotopic (exact) mass is 366 g/mol. The van der Waals surface area contributed by atoms with E-state index in [0.29, 0.717) is 10.2 Å². The van der Waals surface area contributed by atoms with Gasteiger partial charge >= 0.3 is 0 Å². The van der Waals surface area contributed by atoms with Crippen molar-refractivity contribution in [2.45, 2.75) is 13.8 Å². The van der Waals surface area contributed by atoms with E-state index in [9.17, 15) is 4.79 Å². The van der Waals surface area contributed by atoms with Gasteiger partial charge < -0.3 is 4.98 Å². The van der Waals surface area contributed by atoms with Crippen molar-refractivity contribution in [2.24, 2.45) is 0 Å². The zero-order chi connectivity index (χ0) is 14.4. The molecule has 0 bridgehead atoms. The second kappa shape index (κ2) is 4.95. The third kappa shape index (κ3) is 2.08. The van der Waals surface area contributed by atoms with Crippen LogP contribution in [0.15, 0.2) is 32.8 Å². The summed E-state index contributed by atoms with van der Waals surface area (Å²) < 4.78 is 3.01. The maximum atomic E-state index is 12.7. The molecule has 0 amide bonds. The van der Waals surface area contributed by atoms with Gasteiger partial charge in [0, 0.05) is 4.47 Å². The van der Waals surface area contributed by atoms with Gasteiger partial charge in [-0.15, -0.1) is 11.3 Å². The Bertz CT molecular complexity index is 913. The normalized spacial score (nSPS) is 11.2. The third-order valence-corrected chi connectivity index (χ3v) is 4.77.